The van der Waals surface area contributed by atoms with Crippen molar-refractivity contribution < 1.29 is 19.0 Å². The molecule has 0 spiro atoms. The van der Waals surface area contributed by atoms with Crippen LogP contribution in [0, 0.1) is 6.92 Å². The molecular weight excluding hydrogens is 401 g/mol. The molecule has 2 aromatic carbocycles. The standard InChI is InChI=1S/C24H24FNO3S/c1-15-11-18(27)7-10-22(15)26-24(30-3)14-23(28)17-6-4-5-16(12-17)20-13-19(29-2)8-9-21(20)25/h4-7,10-14,26-27H,8-9H2,1-3H3/b24-14-. The van der Waals surface area contributed by atoms with E-state index in [1.807, 2.05) is 13.2 Å². The van der Waals surface area contributed by atoms with Gasteiger partial charge in [0.15, 0.2) is 5.78 Å². The van der Waals surface area contributed by atoms with E-state index in [9.17, 15) is 14.3 Å². The maximum atomic E-state index is 14.4. The molecule has 1 aliphatic carbocycles. The fraction of sp³-hybridized carbons (Fsp3) is 0.208. The number of halogens is 1. The van der Waals surface area contributed by atoms with Crippen LogP contribution in [0.3, 0.4) is 0 Å². The Morgan fingerprint density at radius 3 is 2.73 bits per heavy atom. The maximum Gasteiger partial charge on any atom is 0.188 e. The number of carbonyl (C=O) groups excluding carboxylic acids is 1. The zero-order valence-corrected chi connectivity index (χ0v) is 18.0. The third-order valence-corrected chi connectivity index (χ3v) is 5.52. The lowest BCUT2D eigenvalue weighted by atomic mass is 9.95. The third kappa shape index (κ3) is 5.13. The zero-order chi connectivity index (χ0) is 21.7. The van der Waals surface area contributed by atoms with Crippen LogP contribution in [0.4, 0.5) is 10.1 Å². The van der Waals surface area contributed by atoms with Crippen LogP contribution in [0.1, 0.15) is 34.3 Å². The fourth-order valence-electron chi connectivity index (χ4n) is 3.19. The van der Waals surface area contributed by atoms with Crippen LogP contribution in [-0.2, 0) is 4.74 Å². The van der Waals surface area contributed by atoms with E-state index in [0.717, 1.165) is 17.0 Å². The Morgan fingerprint density at radius 2 is 2.03 bits per heavy atom. The molecule has 3 rings (SSSR count). The molecular formula is C24H24FNO3S. The van der Waals surface area contributed by atoms with Gasteiger partial charge >= 0.3 is 0 Å². The van der Waals surface area contributed by atoms with E-state index in [1.165, 1.54) is 17.8 Å². The lowest BCUT2D eigenvalue weighted by molar-refractivity contribution is 0.104. The third-order valence-electron chi connectivity index (χ3n) is 4.86. The molecule has 156 valence electrons. The molecule has 0 aliphatic heterocycles. The number of nitrogens with one attached hydrogen (secondary N) is 1. The molecule has 0 atom stereocenters. The van der Waals surface area contributed by atoms with E-state index in [0.29, 0.717) is 34.6 Å². The second-order valence-electron chi connectivity index (χ2n) is 6.92. The van der Waals surface area contributed by atoms with Crippen LogP contribution >= 0.6 is 11.8 Å². The monoisotopic (exact) mass is 425 g/mol. The van der Waals surface area contributed by atoms with Gasteiger partial charge in [0.25, 0.3) is 0 Å². The Kier molecular flexibility index (Phi) is 7.00. The van der Waals surface area contributed by atoms with Gasteiger partial charge in [0.05, 0.1) is 17.9 Å². The minimum absolute atomic E-state index is 0.183. The molecule has 0 aromatic heterocycles. The van der Waals surface area contributed by atoms with Crippen LogP contribution in [0.5, 0.6) is 5.75 Å². The number of benzene rings is 2. The number of phenolic OH excluding ortho intramolecular Hbond substituents is 1. The number of ketones is 1. The molecule has 0 bridgehead atoms. The highest BCUT2D eigenvalue weighted by Gasteiger charge is 2.16. The average molecular weight is 426 g/mol. The molecule has 0 radical (unpaired) electrons. The number of rotatable bonds is 7. The van der Waals surface area contributed by atoms with Crippen molar-refractivity contribution in [1.82, 2.24) is 0 Å². The smallest absolute Gasteiger partial charge is 0.188 e. The lowest BCUT2D eigenvalue weighted by Crippen LogP contribution is -2.03. The van der Waals surface area contributed by atoms with E-state index in [-0.39, 0.29) is 17.4 Å². The second-order valence-corrected chi connectivity index (χ2v) is 7.76. The minimum atomic E-state index is -0.204. The summed E-state index contributed by atoms with van der Waals surface area (Å²) in [6, 6.07) is 12.0. The van der Waals surface area contributed by atoms with Gasteiger partial charge in [0.2, 0.25) is 0 Å². The summed E-state index contributed by atoms with van der Waals surface area (Å²) in [4.78, 5) is 12.9. The van der Waals surface area contributed by atoms with Crippen molar-refractivity contribution in [2.24, 2.45) is 0 Å². The minimum Gasteiger partial charge on any atom is -0.508 e. The van der Waals surface area contributed by atoms with Crippen molar-refractivity contribution in [3.8, 4) is 5.75 Å². The van der Waals surface area contributed by atoms with Crippen molar-refractivity contribution in [3.63, 3.8) is 0 Å². The van der Waals surface area contributed by atoms with Gasteiger partial charge in [-0.25, -0.2) is 4.39 Å². The summed E-state index contributed by atoms with van der Waals surface area (Å²) in [5, 5.41) is 13.5. The molecule has 30 heavy (non-hydrogen) atoms. The van der Waals surface area contributed by atoms with E-state index in [2.05, 4.69) is 5.32 Å². The SMILES string of the molecule is COC1=CC(c2cccc(C(=O)/C=C(/Nc3ccc(O)cc3C)SC)c2)=C(F)CC1. The quantitative estimate of drug-likeness (QED) is 0.314. The molecule has 2 N–H and O–H groups in total. The van der Waals surface area contributed by atoms with Crippen molar-refractivity contribution in [2.45, 2.75) is 19.8 Å². The molecule has 6 heteroatoms. The molecule has 4 nitrogen and oxygen atoms in total. The lowest BCUT2D eigenvalue weighted by Gasteiger charge is -2.15. The van der Waals surface area contributed by atoms with Crippen LogP contribution < -0.4 is 5.32 Å². The fourth-order valence-corrected chi connectivity index (χ4v) is 3.63. The van der Waals surface area contributed by atoms with Crippen LogP contribution in [-0.4, -0.2) is 24.3 Å². The summed E-state index contributed by atoms with van der Waals surface area (Å²) in [6.45, 7) is 1.87. The number of carbonyl (C=O) groups is 1. The second kappa shape index (κ2) is 9.67. The normalized spacial score (nSPS) is 14.4. The van der Waals surface area contributed by atoms with Gasteiger partial charge in [-0.15, -0.1) is 11.8 Å². The number of thioether (sulfide) groups is 1. The van der Waals surface area contributed by atoms with Crippen molar-refractivity contribution in [3.05, 3.63) is 87.9 Å². The average Bonchev–Trinajstić information content (AvgIpc) is 2.75. The van der Waals surface area contributed by atoms with Gasteiger partial charge in [-0.2, -0.15) is 0 Å². The zero-order valence-electron chi connectivity index (χ0n) is 17.2. The summed E-state index contributed by atoms with van der Waals surface area (Å²) in [5.74, 6) is 0.528. The molecule has 1 aliphatic rings. The number of allylic oxidation sites excluding steroid dienone is 5. The summed E-state index contributed by atoms with van der Waals surface area (Å²) < 4.78 is 19.7. The number of aromatic hydroxyl groups is 1. The van der Waals surface area contributed by atoms with E-state index < -0.39 is 0 Å². The topological polar surface area (TPSA) is 58.6 Å². The van der Waals surface area contributed by atoms with Crippen molar-refractivity contribution >= 4 is 28.8 Å². The molecule has 0 saturated heterocycles. The van der Waals surface area contributed by atoms with Gasteiger partial charge in [-0.3, -0.25) is 4.79 Å². The first-order valence-corrected chi connectivity index (χ1v) is 10.7. The van der Waals surface area contributed by atoms with Crippen LogP contribution in [0.15, 0.2) is 71.2 Å². The van der Waals surface area contributed by atoms with Crippen molar-refractivity contribution in [2.75, 3.05) is 18.7 Å². The Morgan fingerprint density at radius 1 is 1.23 bits per heavy atom. The molecule has 0 saturated carbocycles. The first kappa shape index (κ1) is 21.7. The molecule has 0 amide bonds. The number of aryl methyl sites for hydroxylation is 1. The van der Waals surface area contributed by atoms with Gasteiger partial charge < -0.3 is 15.2 Å². The molecule has 2 aromatic rings. The number of ether oxygens (including phenoxy) is 1. The number of anilines is 1. The first-order chi connectivity index (χ1) is 14.4. The van der Waals surface area contributed by atoms with E-state index >= 15 is 0 Å². The summed E-state index contributed by atoms with van der Waals surface area (Å²) in [5.41, 5.74) is 3.25. The Bertz CT molecular complexity index is 1060. The highest BCUT2D eigenvalue weighted by Crippen LogP contribution is 2.32. The maximum absolute atomic E-state index is 14.4. The number of hydrogen-bond donors (Lipinski definition) is 2. The van der Waals surface area contributed by atoms with Crippen molar-refractivity contribution in [1.29, 1.82) is 0 Å². The highest BCUT2D eigenvalue weighted by molar-refractivity contribution is 8.02. The molecule has 0 fully saturated rings. The van der Waals surface area contributed by atoms with Crippen LogP contribution in [0.25, 0.3) is 5.57 Å². The van der Waals surface area contributed by atoms with Gasteiger partial charge in [-0.1, -0.05) is 18.2 Å². The molecule has 0 unspecified atom stereocenters. The first-order valence-electron chi connectivity index (χ1n) is 9.51. The Hall–Kier alpha value is -2.99. The van der Waals surface area contributed by atoms with Gasteiger partial charge in [0, 0.05) is 35.7 Å². The summed E-state index contributed by atoms with van der Waals surface area (Å²) in [6.07, 6.45) is 5.92. The Balaban J connectivity index is 1.86. The largest absolute Gasteiger partial charge is 0.508 e. The van der Waals surface area contributed by atoms with E-state index in [4.69, 9.17) is 4.74 Å². The van der Waals surface area contributed by atoms with Gasteiger partial charge in [0.1, 0.15) is 11.6 Å². The number of methoxy groups -OCH3 is 1. The number of hydrogen-bond acceptors (Lipinski definition) is 5. The summed E-state index contributed by atoms with van der Waals surface area (Å²) in [7, 11) is 1.57. The summed E-state index contributed by atoms with van der Waals surface area (Å²) >= 11 is 1.41. The number of phenols is 1. The molecule has 0 heterocycles. The Labute approximate surface area is 180 Å². The predicted molar refractivity (Wildman–Crippen MR) is 121 cm³/mol. The van der Waals surface area contributed by atoms with Crippen LogP contribution in [0.2, 0.25) is 0 Å². The highest BCUT2D eigenvalue weighted by atomic mass is 32.2. The van der Waals surface area contributed by atoms with Gasteiger partial charge in [-0.05, 0) is 54.6 Å². The predicted octanol–water partition coefficient (Wildman–Crippen LogP) is 6.20. The van der Waals surface area contributed by atoms with E-state index in [1.54, 1.807) is 55.7 Å².